The van der Waals surface area contributed by atoms with Gasteiger partial charge in [0, 0.05) is 11.4 Å². The Labute approximate surface area is 159 Å². The molecule has 5 heteroatoms. The van der Waals surface area contributed by atoms with Gasteiger partial charge in [0.05, 0.1) is 17.3 Å². The van der Waals surface area contributed by atoms with Gasteiger partial charge in [-0.1, -0.05) is 30.3 Å². The zero-order chi connectivity index (χ0) is 19.0. The Hall–Kier alpha value is -2.95. The van der Waals surface area contributed by atoms with Crippen LogP contribution in [0.5, 0.6) is 0 Å². The first-order valence-electron chi connectivity index (χ1n) is 9.38. The third kappa shape index (κ3) is 3.25. The summed E-state index contributed by atoms with van der Waals surface area (Å²) in [5.74, 6) is -0.421. The molecule has 1 aliphatic heterocycles. The third-order valence-electron chi connectivity index (χ3n) is 5.38. The fraction of sp³-hybridized carbons (Fsp3) is 0.318. The topological polar surface area (TPSA) is 61.8 Å². The van der Waals surface area contributed by atoms with Crippen LogP contribution in [0.25, 0.3) is 0 Å². The van der Waals surface area contributed by atoms with Gasteiger partial charge in [-0.25, -0.2) is 0 Å². The average molecular weight is 361 g/mol. The molecular formula is C22H23N3O2. The smallest absolute Gasteiger partial charge is 0.244 e. The first-order valence-corrected chi connectivity index (χ1v) is 9.38. The van der Waals surface area contributed by atoms with Gasteiger partial charge in [0.15, 0.2) is 0 Å². The van der Waals surface area contributed by atoms with Gasteiger partial charge in [0.25, 0.3) is 0 Å². The molecule has 0 aromatic heterocycles. The molecular weight excluding hydrogens is 338 g/mol. The number of nitrogens with one attached hydrogen (secondary N) is 1. The number of aryl methyl sites for hydroxylation is 2. The summed E-state index contributed by atoms with van der Waals surface area (Å²) in [6.07, 6.45) is 2.63. The minimum atomic E-state index is -0.203. The highest BCUT2D eigenvalue weighted by molar-refractivity contribution is 6.16. The number of carbonyl (C=O) groups is 2. The molecule has 0 bridgehead atoms. The number of carbonyl (C=O) groups excluding carboxylic acids is 2. The number of benzene rings is 2. The van der Waals surface area contributed by atoms with Gasteiger partial charge in [0.2, 0.25) is 11.8 Å². The molecule has 4 rings (SSSR count). The molecule has 2 aliphatic rings. The molecule has 2 amide bonds. The van der Waals surface area contributed by atoms with Crippen LogP contribution in [-0.4, -0.2) is 24.1 Å². The van der Waals surface area contributed by atoms with Crippen molar-refractivity contribution in [2.45, 2.75) is 33.1 Å². The van der Waals surface area contributed by atoms with Crippen molar-refractivity contribution in [1.29, 1.82) is 0 Å². The monoisotopic (exact) mass is 361 g/mol. The highest BCUT2D eigenvalue weighted by atomic mass is 16.2. The van der Waals surface area contributed by atoms with E-state index in [1.54, 1.807) is 4.90 Å². The standard InChI is InChI=1S/C22H23N3O2/c1-14-7-5-8-15(2)21(14)24-20(26)13-25-19-12-4-3-10-18(19)23-17-11-6-9-16(17)22(25)27/h3-5,7-8,10,12,16H,6,9,11,13H2,1-2H3,(H,24,26)/t16-/m1/s1. The van der Waals surface area contributed by atoms with E-state index in [1.165, 1.54) is 0 Å². The molecule has 0 saturated heterocycles. The molecule has 5 nitrogen and oxygen atoms in total. The molecule has 138 valence electrons. The minimum Gasteiger partial charge on any atom is -0.324 e. The van der Waals surface area contributed by atoms with Crippen LogP contribution in [0.3, 0.4) is 0 Å². The maximum absolute atomic E-state index is 13.2. The summed E-state index contributed by atoms with van der Waals surface area (Å²) in [5, 5.41) is 2.99. The van der Waals surface area contributed by atoms with Crippen molar-refractivity contribution >= 4 is 34.6 Å². The second kappa shape index (κ2) is 6.99. The fourth-order valence-electron chi connectivity index (χ4n) is 3.97. The van der Waals surface area contributed by atoms with Crippen LogP contribution in [-0.2, 0) is 9.59 Å². The molecule has 0 spiro atoms. The van der Waals surface area contributed by atoms with Crippen molar-refractivity contribution in [2.75, 3.05) is 16.8 Å². The van der Waals surface area contributed by atoms with Gasteiger partial charge in [-0.15, -0.1) is 0 Å². The largest absolute Gasteiger partial charge is 0.324 e. The Morgan fingerprint density at radius 2 is 1.89 bits per heavy atom. The number of para-hydroxylation sites is 3. The molecule has 27 heavy (non-hydrogen) atoms. The zero-order valence-electron chi connectivity index (χ0n) is 15.7. The van der Waals surface area contributed by atoms with Gasteiger partial charge >= 0.3 is 0 Å². The molecule has 1 N–H and O–H groups in total. The molecule has 1 saturated carbocycles. The van der Waals surface area contributed by atoms with E-state index in [9.17, 15) is 9.59 Å². The Bertz CT molecular complexity index is 928. The van der Waals surface area contributed by atoms with Crippen molar-refractivity contribution in [3.63, 3.8) is 0 Å². The highest BCUT2D eigenvalue weighted by Crippen LogP contribution is 2.37. The van der Waals surface area contributed by atoms with E-state index in [0.29, 0.717) is 5.69 Å². The molecule has 1 aliphatic carbocycles. The summed E-state index contributed by atoms with van der Waals surface area (Å²) in [7, 11) is 0. The first-order chi connectivity index (χ1) is 13.0. The molecule has 1 heterocycles. The Balaban J connectivity index is 1.63. The Morgan fingerprint density at radius 1 is 1.15 bits per heavy atom. The van der Waals surface area contributed by atoms with E-state index in [0.717, 1.165) is 47.5 Å². The number of hydrogen-bond donors (Lipinski definition) is 1. The molecule has 2 aromatic rings. The van der Waals surface area contributed by atoms with Crippen LogP contribution in [0, 0.1) is 19.8 Å². The molecule has 1 atom stereocenters. The quantitative estimate of drug-likeness (QED) is 0.892. The Kier molecular flexibility index (Phi) is 4.52. The maximum atomic E-state index is 13.2. The number of anilines is 2. The third-order valence-corrected chi connectivity index (χ3v) is 5.38. The molecule has 1 fully saturated rings. The van der Waals surface area contributed by atoms with Gasteiger partial charge < -0.3 is 10.2 Å². The van der Waals surface area contributed by atoms with E-state index >= 15 is 0 Å². The van der Waals surface area contributed by atoms with E-state index in [4.69, 9.17) is 4.99 Å². The summed E-state index contributed by atoms with van der Waals surface area (Å²) in [6.45, 7) is 3.92. The summed E-state index contributed by atoms with van der Waals surface area (Å²) in [4.78, 5) is 32.3. The van der Waals surface area contributed by atoms with Crippen LogP contribution >= 0.6 is 0 Å². The maximum Gasteiger partial charge on any atom is 0.244 e. The lowest BCUT2D eigenvalue weighted by Gasteiger charge is -2.24. The van der Waals surface area contributed by atoms with Crippen LogP contribution in [0.2, 0.25) is 0 Å². The predicted octanol–water partition coefficient (Wildman–Crippen LogP) is 4.16. The molecule has 0 unspecified atom stereocenters. The molecule has 0 radical (unpaired) electrons. The number of fused-ring (bicyclic) bond motifs is 2. The predicted molar refractivity (Wildman–Crippen MR) is 108 cm³/mol. The van der Waals surface area contributed by atoms with E-state index in [2.05, 4.69) is 5.32 Å². The fourth-order valence-corrected chi connectivity index (χ4v) is 3.97. The second-order valence-electron chi connectivity index (χ2n) is 7.28. The van der Waals surface area contributed by atoms with Crippen LogP contribution in [0.4, 0.5) is 17.1 Å². The van der Waals surface area contributed by atoms with Crippen molar-refractivity contribution in [3.8, 4) is 0 Å². The van der Waals surface area contributed by atoms with Gasteiger partial charge in [0.1, 0.15) is 6.54 Å². The number of rotatable bonds is 3. The summed E-state index contributed by atoms with van der Waals surface area (Å²) < 4.78 is 0. The summed E-state index contributed by atoms with van der Waals surface area (Å²) in [5.41, 5.74) is 5.26. The van der Waals surface area contributed by atoms with Gasteiger partial charge in [-0.2, -0.15) is 0 Å². The van der Waals surface area contributed by atoms with Crippen LogP contribution in [0.1, 0.15) is 30.4 Å². The van der Waals surface area contributed by atoms with Crippen molar-refractivity contribution in [1.82, 2.24) is 0 Å². The van der Waals surface area contributed by atoms with Crippen molar-refractivity contribution < 1.29 is 9.59 Å². The van der Waals surface area contributed by atoms with E-state index < -0.39 is 0 Å². The SMILES string of the molecule is Cc1cccc(C)c1NC(=O)CN1C(=O)[C@@H]2CCCC2=Nc2ccccc21. The van der Waals surface area contributed by atoms with Crippen molar-refractivity contribution in [3.05, 3.63) is 53.6 Å². The second-order valence-corrected chi connectivity index (χ2v) is 7.28. The summed E-state index contributed by atoms with van der Waals surface area (Å²) >= 11 is 0. The number of nitrogens with zero attached hydrogens (tertiary/aromatic N) is 2. The van der Waals surface area contributed by atoms with Crippen LogP contribution < -0.4 is 10.2 Å². The van der Waals surface area contributed by atoms with E-state index in [1.807, 2.05) is 56.3 Å². The van der Waals surface area contributed by atoms with Gasteiger partial charge in [-0.3, -0.25) is 14.6 Å². The minimum absolute atomic E-state index is 0.0110. The lowest BCUT2D eigenvalue weighted by atomic mass is 10.0. The molecule has 2 aromatic carbocycles. The zero-order valence-corrected chi connectivity index (χ0v) is 15.7. The lowest BCUT2D eigenvalue weighted by molar-refractivity contribution is -0.122. The van der Waals surface area contributed by atoms with Crippen LogP contribution in [0.15, 0.2) is 47.5 Å². The number of amides is 2. The lowest BCUT2D eigenvalue weighted by Crippen LogP contribution is -2.42. The highest BCUT2D eigenvalue weighted by Gasteiger charge is 2.37. The summed E-state index contributed by atoms with van der Waals surface area (Å²) in [6, 6.07) is 13.5. The Morgan fingerprint density at radius 3 is 2.67 bits per heavy atom. The van der Waals surface area contributed by atoms with Gasteiger partial charge in [-0.05, 0) is 56.4 Å². The normalized spacial score (nSPS) is 18.4. The van der Waals surface area contributed by atoms with E-state index in [-0.39, 0.29) is 24.3 Å². The first kappa shape index (κ1) is 17.5. The average Bonchev–Trinajstić information content (AvgIpc) is 3.07. The van der Waals surface area contributed by atoms with Crippen molar-refractivity contribution in [2.24, 2.45) is 10.9 Å². The number of aliphatic imine (C=N–C) groups is 1. The number of hydrogen-bond acceptors (Lipinski definition) is 3.